The van der Waals surface area contributed by atoms with E-state index in [-0.39, 0.29) is 0 Å². The van der Waals surface area contributed by atoms with Gasteiger partial charge < -0.3 is 9.94 Å². The van der Waals surface area contributed by atoms with E-state index in [1.807, 2.05) is 6.07 Å². The van der Waals surface area contributed by atoms with Gasteiger partial charge in [0.05, 0.1) is 6.10 Å². The summed E-state index contributed by atoms with van der Waals surface area (Å²) in [5, 5.41) is 16.3. The first kappa shape index (κ1) is 14.8. The molecule has 0 bridgehead atoms. The summed E-state index contributed by atoms with van der Waals surface area (Å²) in [5.74, 6) is 0.647. The van der Waals surface area contributed by atoms with E-state index in [4.69, 9.17) is 4.74 Å². The van der Waals surface area contributed by atoms with Crippen molar-refractivity contribution >= 4 is 11.0 Å². The van der Waals surface area contributed by atoms with Crippen LogP contribution in [0.1, 0.15) is 29.8 Å². The first-order chi connectivity index (χ1) is 11.2. The van der Waals surface area contributed by atoms with Crippen LogP contribution >= 0.6 is 0 Å². The number of aryl methyl sites for hydroxylation is 3. The van der Waals surface area contributed by atoms with Gasteiger partial charge in [0, 0.05) is 37.8 Å². The van der Waals surface area contributed by atoms with Crippen molar-refractivity contribution in [3.8, 4) is 0 Å². The number of ether oxygens (including phenoxy) is 1. The molecular weight excluding hydrogens is 292 g/mol. The summed E-state index contributed by atoms with van der Waals surface area (Å²) in [5.41, 5.74) is 4.01. The van der Waals surface area contributed by atoms with Crippen LogP contribution in [-0.4, -0.2) is 47.8 Å². The van der Waals surface area contributed by atoms with Gasteiger partial charge in [0.1, 0.15) is 5.52 Å². The van der Waals surface area contributed by atoms with E-state index >= 15 is 0 Å². The third-order valence-corrected chi connectivity index (χ3v) is 4.98. The summed E-state index contributed by atoms with van der Waals surface area (Å²) in [6.45, 7) is 3.01. The van der Waals surface area contributed by atoms with Gasteiger partial charge in [-0.1, -0.05) is 0 Å². The Morgan fingerprint density at radius 2 is 2.09 bits per heavy atom. The molecule has 0 spiro atoms. The summed E-state index contributed by atoms with van der Waals surface area (Å²) >= 11 is 0. The molecule has 0 unspecified atom stereocenters. The molecule has 1 fully saturated rings. The highest BCUT2D eigenvalue weighted by Crippen LogP contribution is 2.25. The summed E-state index contributed by atoms with van der Waals surface area (Å²) in [6.07, 6.45) is 5.42. The number of hydrogen-bond acceptors (Lipinski definition) is 5. The van der Waals surface area contributed by atoms with Crippen LogP contribution in [0, 0.1) is 5.21 Å². The maximum Gasteiger partial charge on any atom is 0.270 e. The molecule has 2 aliphatic rings. The third kappa shape index (κ3) is 2.88. The highest BCUT2D eigenvalue weighted by Gasteiger charge is 2.25. The van der Waals surface area contributed by atoms with Crippen LogP contribution in [0.3, 0.4) is 0 Å². The summed E-state index contributed by atoms with van der Waals surface area (Å²) < 4.78 is 5.27. The largest absolute Gasteiger partial charge is 0.594 e. The molecule has 0 N–H and O–H groups in total. The average molecular weight is 314 g/mol. The number of nitrogens with zero attached hydrogens (tertiary/aromatic N) is 4. The predicted octanol–water partition coefficient (Wildman–Crippen LogP) is 1.02. The molecule has 2 heterocycles. The van der Waals surface area contributed by atoms with Crippen LogP contribution in [0.2, 0.25) is 0 Å². The number of likely N-dealkylation sites (tertiary alicyclic amines) is 1. The molecule has 1 aliphatic carbocycles. The monoisotopic (exact) mass is 314 g/mol. The van der Waals surface area contributed by atoms with Crippen molar-refractivity contribution in [2.24, 2.45) is 0 Å². The van der Waals surface area contributed by atoms with Crippen LogP contribution in [0.5, 0.6) is 0 Å². The fraction of sp³-hybridized carbons (Fsp3) is 0.588. The number of methoxy groups -OCH3 is 1. The zero-order valence-corrected chi connectivity index (χ0v) is 13.5. The molecule has 0 atom stereocenters. The van der Waals surface area contributed by atoms with Crippen LogP contribution in [0.15, 0.2) is 12.1 Å². The molecule has 1 aromatic heterocycles. The molecule has 4 rings (SSSR count). The number of rotatable bonds is 5. The lowest BCUT2D eigenvalue weighted by atomic mass is 10.1. The van der Waals surface area contributed by atoms with Crippen molar-refractivity contribution < 1.29 is 9.58 Å². The lowest BCUT2D eigenvalue weighted by Crippen LogP contribution is -2.51. The standard InChI is InChI=1S/C17H22N4O2/c1-23-14-10-20(11-14)7-3-6-17-18-15-8-12-4-2-5-13(12)9-16(15)21(22)19-17/h8-9,14H,2-7,10-11H2,1H3. The van der Waals surface area contributed by atoms with Gasteiger partial charge in [-0.05, 0) is 54.3 Å². The van der Waals surface area contributed by atoms with Gasteiger partial charge in [-0.25, -0.2) is 4.98 Å². The topological polar surface area (TPSA) is 65.2 Å². The SMILES string of the molecule is COC1CN(CCCc2nc3cc4c(cc3[n+]([O-])n2)CCC4)C1. The minimum absolute atomic E-state index is 0.387. The van der Waals surface area contributed by atoms with E-state index in [0.717, 1.165) is 55.7 Å². The molecule has 23 heavy (non-hydrogen) atoms. The third-order valence-electron chi connectivity index (χ3n) is 4.98. The van der Waals surface area contributed by atoms with E-state index in [9.17, 15) is 5.21 Å². The minimum Gasteiger partial charge on any atom is -0.594 e. The van der Waals surface area contributed by atoms with Crippen LogP contribution in [-0.2, 0) is 24.0 Å². The quantitative estimate of drug-likeness (QED) is 0.609. The second kappa shape index (κ2) is 6.02. The molecule has 2 aromatic rings. The first-order valence-electron chi connectivity index (χ1n) is 8.40. The number of benzene rings is 1. The normalized spacial score (nSPS) is 18.3. The van der Waals surface area contributed by atoms with Gasteiger partial charge in [0.15, 0.2) is 5.82 Å². The second-order valence-corrected chi connectivity index (χ2v) is 6.58. The summed E-state index contributed by atoms with van der Waals surface area (Å²) in [4.78, 5) is 7.72. The smallest absolute Gasteiger partial charge is 0.270 e. The van der Waals surface area contributed by atoms with E-state index in [2.05, 4.69) is 21.0 Å². The fourth-order valence-electron chi connectivity index (χ4n) is 3.58. The molecule has 1 aliphatic heterocycles. The zero-order valence-electron chi connectivity index (χ0n) is 13.5. The Bertz CT molecular complexity index is 728. The average Bonchev–Trinajstić information content (AvgIpc) is 2.95. The molecule has 122 valence electrons. The van der Waals surface area contributed by atoms with Crippen LogP contribution in [0.4, 0.5) is 0 Å². The molecule has 6 heteroatoms. The Morgan fingerprint density at radius 3 is 2.87 bits per heavy atom. The van der Waals surface area contributed by atoms with Crippen molar-refractivity contribution in [3.63, 3.8) is 0 Å². The van der Waals surface area contributed by atoms with E-state index < -0.39 is 0 Å². The Morgan fingerprint density at radius 1 is 1.30 bits per heavy atom. The van der Waals surface area contributed by atoms with Crippen molar-refractivity contribution in [1.82, 2.24) is 15.0 Å². The van der Waals surface area contributed by atoms with Gasteiger partial charge in [-0.2, -0.15) is 0 Å². The molecule has 6 nitrogen and oxygen atoms in total. The van der Waals surface area contributed by atoms with Gasteiger partial charge >= 0.3 is 0 Å². The van der Waals surface area contributed by atoms with Gasteiger partial charge in [-0.3, -0.25) is 4.90 Å². The maximum absolute atomic E-state index is 12.2. The number of fused-ring (bicyclic) bond motifs is 2. The molecule has 0 amide bonds. The Balaban J connectivity index is 1.45. The van der Waals surface area contributed by atoms with E-state index in [1.165, 1.54) is 17.5 Å². The molecule has 1 saturated heterocycles. The Labute approximate surface area is 135 Å². The summed E-state index contributed by atoms with van der Waals surface area (Å²) in [7, 11) is 1.76. The zero-order chi connectivity index (χ0) is 15.8. The van der Waals surface area contributed by atoms with Gasteiger partial charge in [-0.15, -0.1) is 0 Å². The highest BCUT2D eigenvalue weighted by molar-refractivity contribution is 5.73. The Kier molecular flexibility index (Phi) is 3.87. The molecular formula is C17H22N4O2. The van der Waals surface area contributed by atoms with Crippen molar-refractivity contribution in [3.05, 3.63) is 34.3 Å². The highest BCUT2D eigenvalue weighted by atomic mass is 16.5. The van der Waals surface area contributed by atoms with Gasteiger partial charge in [0.2, 0.25) is 0 Å². The number of hydrogen-bond donors (Lipinski definition) is 0. The summed E-state index contributed by atoms with van der Waals surface area (Å²) in [6, 6.07) is 4.05. The van der Waals surface area contributed by atoms with Crippen molar-refractivity contribution in [1.29, 1.82) is 0 Å². The predicted molar refractivity (Wildman–Crippen MR) is 86.1 cm³/mol. The maximum atomic E-state index is 12.2. The number of aromatic nitrogens is 3. The van der Waals surface area contributed by atoms with Crippen LogP contribution in [0.25, 0.3) is 11.0 Å². The first-order valence-corrected chi connectivity index (χ1v) is 8.40. The lowest BCUT2D eigenvalue weighted by molar-refractivity contribution is -0.644. The van der Waals surface area contributed by atoms with E-state index in [0.29, 0.717) is 17.4 Å². The Hall–Kier alpha value is -1.79. The van der Waals surface area contributed by atoms with Crippen LogP contribution < -0.4 is 4.85 Å². The molecule has 0 saturated carbocycles. The van der Waals surface area contributed by atoms with Gasteiger partial charge in [0.25, 0.3) is 5.52 Å². The molecule has 1 aromatic carbocycles. The lowest BCUT2D eigenvalue weighted by Gasteiger charge is -2.38. The van der Waals surface area contributed by atoms with Crippen molar-refractivity contribution in [2.75, 3.05) is 26.7 Å². The second-order valence-electron chi connectivity index (χ2n) is 6.58. The van der Waals surface area contributed by atoms with Crippen molar-refractivity contribution in [2.45, 2.75) is 38.2 Å². The van der Waals surface area contributed by atoms with E-state index in [1.54, 1.807) is 7.11 Å². The minimum atomic E-state index is 0.387. The fourth-order valence-corrected chi connectivity index (χ4v) is 3.58. The molecule has 0 radical (unpaired) electrons.